The van der Waals surface area contributed by atoms with Gasteiger partial charge in [-0.05, 0) is 85.7 Å². The Morgan fingerprint density at radius 2 is 1.31 bits per heavy atom. The lowest BCUT2D eigenvalue weighted by molar-refractivity contribution is -0.121. The van der Waals surface area contributed by atoms with Gasteiger partial charge in [0, 0.05) is 27.3 Å². The molecule has 0 saturated heterocycles. The number of benzene rings is 1. The van der Waals surface area contributed by atoms with Crippen LogP contribution in [0.25, 0.3) is 5.57 Å². The Bertz CT molecular complexity index is 909. The lowest BCUT2D eigenvalue weighted by Crippen LogP contribution is -2.28. The Hall–Kier alpha value is -1.40. The average molecular weight is 571 g/mol. The van der Waals surface area contributed by atoms with Crippen molar-refractivity contribution in [3.8, 4) is 0 Å². The van der Waals surface area contributed by atoms with E-state index in [0.29, 0.717) is 16.6 Å². The van der Waals surface area contributed by atoms with Gasteiger partial charge in [0.1, 0.15) is 5.78 Å². The van der Waals surface area contributed by atoms with Crippen LogP contribution in [0, 0.1) is 22.7 Å². The molecule has 2 nitrogen and oxygen atoms in total. The fraction of sp³-hybridized carbons (Fsp3) is 0.686. The standard InChI is InChI=1S/C13H26OSi.C12H18Si.C10H18O/c1-13(2,3)11-7-9-12(10-8-11)14-15(4,5)6;1-11(10-13(2,3)4)12-8-6-5-7-9-12;1-10(2,3)8-4-6-9(11)7-5-8/h9,11H,7-8,10H2,1-6H3;5-9H,1,10H2,2-4H3;8H,4-7H2,1-3H3. The molecule has 3 rings (SSSR count). The van der Waals surface area contributed by atoms with E-state index in [4.69, 9.17) is 4.43 Å². The maximum absolute atomic E-state index is 10.9. The quantitative estimate of drug-likeness (QED) is 0.329. The van der Waals surface area contributed by atoms with E-state index in [2.05, 4.69) is 118 Å². The van der Waals surface area contributed by atoms with Crippen LogP contribution in [0.4, 0.5) is 0 Å². The molecule has 2 aliphatic carbocycles. The molecule has 0 aliphatic heterocycles. The molecule has 1 unspecified atom stereocenters. The fourth-order valence-electron chi connectivity index (χ4n) is 5.30. The number of carbonyl (C=O) groups is 1. The highest BCUT2D eigenvalue weighted by Crippen LogP contribution is 2.38. The molecule has 0 N–H and O–H groups in total. The molecule has 0 amide bonds. The zero-order valence-corrected chi connectivity index (χ0v) is 29.8. The molecule has 0 heterocycles. The van der Waals surface area contributed by atoms with E-state index in [-0.39, 0.29) is 0 Å². The smallest absolute Gasteiger partial charge is 0.241 e. The van der Waals surface area contributed by atoms with Gasteiger partial charge in [0.2, 0.25) is 8.32 Å². The molecule has 1 atom stereocenters. The predicted octanol–water partition coefficient (Wildman–Crippen LogP) is 11.4. The molecule has 4 heteroatoms. The summed E-state index contributed by atoms with van der Waals surface area (Å²) in [7, 11) is -2.38. The Morgan fingerprint density at radius 1 is 0.821 bits per heavy atom. The Kier molecular flexibility index (Phi) is 13.7. The highest BCUT2D eigenvalue weighted by Gasteiger charge is 2.29. The topological polar surface area (TPSA) is 26.3 Å². The van der Waals surface area contributed by atoms with E-state index in [9.17, 15) is 4.79 Å². The van der Waals surface area contributed by atoms with E-state index >= 15 is 0 Å². The summed E-state index contributed by atoms with van der Waals surface area (Å²) in [6.07, 6.45) is 9.83. The Labute approximate surface area is 245 Å². The summed E-state index contributed by atoms with van der Waals surface area (Å²) in [5.74, 6) is 3.31. The highest BCUT2D eigenvalue weighted by molar-refractivity contribution is 6.77. The van der Waals surface area contributed by atoms with Crippen molar-refractivity contribution in [3.63, 3.8) is 0 Å². The lowest BCUT2D eigenvalue weighted by Gasteiger charge is -2.34. The molecule has 1 saturated carbocycles. The van der Waals surface area contributed by atoms with Crippen molar-refractivity contribution in [3.05, 3.63) is 54.3 Å². The lowest BCUT2D eigenvalue weighted by atomic mass is 9.72. The molecular formula is C35H62O2Si2. The van der Waals surface area contributed by atoms with E-state index in [1.54, 1.807) is 0 Å². The number of hydrogen-bond acceptors (Lipinski definition) is 2. The van der Waals surface area contributed by atoms with E-state index in [1.807, 2.05) is 6.07 Å². The summed E-state index contributed by atoms with van der Waals surface area (Å²) in [4.78, 5) is 10.9. The molecule has 2 aliphatic rings. The second-order valence-electron chi connectivity index (χ2n) is 16.1. The number of rotatable bonds is 5. The van der Waals surface area contributed by atoms with Gasteiger partial charge in [-0.25, -0.2) is 0 Å². The van der Waals surface area contributed by atoms with Crippen LogP contribution in [0.1, 0.15) is 92.1 Å². The van der Waals surface area contributed by atoms with Crippen LogP contribution >= 0.6 is 0 Å². The molecule has 0 radical (unpaired) electrons. The molecule has 1 aromatic carbocycles. The number of allylic oxidation sites excluding steroid dienone is 3. The number of Topliss-reactive ketones (excluding diaryl/α,β-unsaturated/α-hetero) is 1. The number of hydrogen-bond donors (Lipinski definition) is 0. The second-order valence-corrected chi connectivity index (χ2v) is 26.0. The van der Waals surface area contributed by atoms with E-state index in [0.717, 1.165) is 43.9 Å². The van der Waals surface area contributed by atoms with Crippen LogP contribution in [0.15, 0.2) is 48.7 Å². The van der Waals surface area contributed by atoms with Crippen molar-refractivity contribution in [1.29, 1.82) is 0 Å². The van der Waals surface area contributed by atoms with Crippen molar-refractivity contribution in [2.75, 3.05) is 0 Å². The first-order valence-electron chi connectivity index (χ1n) is 15.3. The normalized spacial score (nSPS) is 19.1. The van der Waals surface area contributed by atoms with Gasteiger partial charge in [-0.15, -0.1) is 0 Å². The molecule has 222 valence electrons. The van der Waals surface area contributed by atoms with Crippen LogP contribution < -0.4 is 0 Å². The van der Waals surface area contributed by atoms with E-state index < -0.39 is 16.4 Å². The minimum Gasteiger partial charge on any atom is -0.548 e. The first-order chi connectivity index (χ1) is 17.7. The third-order valence-electron chi connectivity index (χ3n) is 7.73. The minimum atomic E-state index is -1.38. The Morgan fingerprint density at radius 3 is 1.69 bits per heavy atom. The predicted molar refractivity (Wildman–Crippen MR) is 179 cm³/mol. The zero-order chi connectivity index (χ0) is 30.1. The van der Waals surface area contributed by atoms with E-state index in [1.165, 1.54) is 35.8 Å². The van der Waals surface area contributed by atoms with Crippen LogP contribution in [0.3, 0.4) is 0 Å². The maximum atomic E-state index is 10.9. The molecule has 0 aromatic heterocycles. The van der Waals surface area contributed by atoms with Crippen LogP contribution in [-0.4, -0.2) is 22.2 Å². The summed E-state index contributed by atoms with van der Waals surface area (Å²) >= 11 is 0. The van der Waals surface area contributed by atoms with Crippen LogP contribution in [-0.2, 0) is 9.22 Å². The van der Waals surface area contributed by atoms with Gasteiger partial charge >= 0.3 is 0 Å². The third kappa shape index (κ3) is 15.8. The van der Waals surface area contributed by atoms with Gasteiger partial charge in [0.25, 0.3) is 0 Å². The zero-order valence-electron chi connectivity index (χ0n) is 27.8. The molecule has 39 heavy (non-hydrogen) atoms. The van der Waals surface area contributed by atoms with Gasteiger partial charge in [-0.1, -0.05) is 104 Å². The van der Waals surface area contributed by atoms with Crippen molar-refractivity contribution in [2.24, 2.45) is 22.7 Å². The first-order valence-corrected chi connectivity index (χ1v) is 22.4. The minimum absolute atomic E-state index is 0.403. The highest BCUT2D eigenvalue weighted by atomic mass is 28.4. The molecule has 1 fully saturated rings. The fourth-order valence-corrected chi connectivity index (χ4v) is 7.76. The van der Waals surface area contributed by atoms with Gasteiger partial charge in [0.15, 0.2) is 0 Å². The van der Waals surface area contributed by atoms with Crippen LogP contribution in [0.5, 0.6) is 0 Å². The largest absolute Gasteiger partial charge is 0.548 e. The average Bonchev–Trinajstić information content (AvgIpc) is 2.78. The van der Waals surface area contributed by atoms with Crippen molar-refractivity contribution in [2.45, 2.75) is 132 Å². The third-order valence-corrected chi connectivity index (χ3v) is 10.1. The molecular weight excluding hydrogens is 509 g/mol. The number of carbonyl (C=O) groups excluding carboxylic acids is 1. The van der Waals surface area contributed by atoms with Gasteiger partial charge in [-0.3, -0.25) is 4.79 Å². The summed E-state index contributed by atoms with van der Waals surface area (Å²) in [5.41, 5.74) is 3.44. The van der Waals surface area contributed by atoms with Gasteiger partial charge in [0.05, 0.1) is 5.76 Å². The molecule has 0 bridgehead atoms. The summed E-state index contributed by atoms with van der Waals surface area (Å²) < 4.78 is 6.04. The van der Waals surface area contributed by atoms with Crippen LogP contribution in [0.2, 0.25) is 45.3 Å². The first kappa shape index (κ1) is 35.6. The maximum Gasteiger partial charge on any atom is 0.241 e. The van der Waals surface area contributed by atoms with Crippen molar-refractivity contribution >= 4 is 27.7 Å². The molecule has 1 aromatic rings. The summed E-state index contributed by atoms with van der Waals surface area (Å²) in [5, 5.41) is 0. The monoisotopic (exact) mass is 570 g/mol. The van der Waals surface area contributed by atoms with Gasteiger partial charge < -0.3 is 4.43 Å². The van der Waals surface area contributed by atoms with Gasteiger partial charge in [-0.2, -0.15) is 0 Å². The number of ketones is 1. The molecule has 0 spiro atoms. The second kappa shape index (κ2) is 15.0. The van der Waals surface area contributed by atoms with Crippen molar-refractivity contribution in [1.82, 2.24) is 0 Å². The SMILES string of the molecule is C=C(C[Si](C)(C)C)c1ccccc1.CC(C)(C)C1CC=C(O[Si](C)(C)C)CC1.CC(C)(C)C1CCC(=O)CC1. The van der Waals surface area contributed by atoms with Crippen molar-refractivity contribution < 1.29 is 9.22 Å². The summed E-state index contributed by atoms with van der Waals surface area (Å²) in [6.45, 7) is 31.9. The summed E-state index contributed by atoms with van der Waals surface area (Å²) in [6, 6.07) is 11.7. The Balaban J connectivity index is 0.000000296.